The molecule has 2 aromatic carbocycles. The van der Waals surface area contributed by atoms with E-state index in [9.17, 15) is 19.2 Å². The molecule has 8 heteroatoms. The second-order valence-corrected chi connectivity index (χ2v) is 6.82. The molecule has 0 unspecified atom stereocenters. The van der Waals surface area contributed by atoms with E-state index in [0.29, 0.717) is 16.9 Å². The fourth-order valence-electron chi connectivity index (χ4n) is 2.20. The zero-order valence-corrected chi connectivity index (χ0v) is 16.7. The molecule has 0 atom stereocenters. The zero-order chi connectivity index (χ0) is 20.5. The van der Waals surface area contributed by atoms with Gasteiger partial charge in [0.25, 0.3) is 5.91 Å². The third kappa shape index (κ3) is 7.32. The maximum absolute atomic E-state index is 11.9. The third-order valence-corrected chi connectivity index (χ3v) is 4.13. The van der Waals surface area contributed by atoms with Gasteiger partial charge in [-0.05, 0) is 43.3 Å². The van der Waals surface area contributed by atoms with Crippen LogP contribution in [0.4, 0.5) is 11.4 Å². The van der Waals surface area contributed by atoms with E-state index in [4.69, 9.17) is 4.74 Å². The quantitative estimate of drug-likeness (QED) is 0.476. The number of rotatable bonds is 8. The number of amides is 2. The Morgan fingerprint density at radius 1 is 0.893 bits per heavy atom. The lowest BCUT2D eigenvalue weighted by Gasteiger charge is -2.08. The summed E-state index contributed by atoms with van der Waals surface area (Å²) in [5, 5.41) is 5.21. The van der Waals surface area contributed by atoms with Crippen LogP contribution in [0.2, 0.25) is 0 Å². The van der Waals surface area contributed by atoms with Gasteiger partial charge in [-0.25, -0.2) is 0 Å². The third-order valence-electron chi connectivity index (χ3n) is 3.60. The Labute approximate surface area is 170 Å². The van der Waals surface area contributed by atoms with Crippen molar-refractivity contribution < 1.29 is 23.9 Å². The van der Waals surface area contributed by atoms with Crippen LogP contribution in [0.25, 0.3) is 0 Å². The Hall–Kier alpha value is -3.00. The number of ketones is 1. The molecule has 0 heterocycles. The van der Waals surface area contributed by atoms with Crippen molar-refractivity contribution >= 4 is 50.9 Å². The van der Waals surface area contributed by atoms with Crippen molar-refractivity contribution in [2.75, 3.05) is 17.2 Å². The predicted octanol–water partition coefficient (Wildman–Crippen LogP) is 3.55. The molecule has 28 heavy (non-hydrogen) atoms. The van der Waals surface area contributed by atoms with Crippen LogP contribution in [-0.4, -0.2) is 30.2 Å². The monoisotopic (exact) mass is 446 g/mol. The number of hydrogen-bond donors (Lipinski definition) is 2. The van der Waals surface area contributed by atoms with Crippen molar-refractivity contribution in [1.29, 1.82) is 0 Å². The van der Waals surface area contributed by atoms with Crippen LogP contribution in [0.1, 0.15) is 30.1 Å². The zero-order valence-electron chi connectivity index (χ0n) is 15.2. The Balaban J connectivity index is 1.70. The summed E-state index contributed by atoms with van der Waals surface area (Å²) in [6, 6.07) is 13.5. The summed E-state index contributed by atoms with van der Waals surface area (Å²) < 4.78 is 5.74. The van der Waals surface area contributed by atoms with E-state index in [1.807, 2.05) is 0 Å². The van der Waals surface area contributed by atoms with Gasteiger partial charge in [0.15, 0.2) is 12.4 Å². The Kier molecular flexibility index (Phi) is 7.88. The van der Waals surface area contributed by atoms with Gasteiger partial charge >= 0.3 is 5.97 Å². The molecular weight excluding hydrogens is 428 g/mol. The highest BCUT2D eigenvalue weighted by Crippen LogP contribution is 2.14. The molecule has 2 rings (SSSR count). The second kappa shape index (κ2) is 10.4. The van der Waals surface area contributed by atoms with Crippen molar-refractivity contribution in [2.24, 2.45) is 0 Å². The maximum atomic E-state index is 11.9. The van der Waals surface area contributed by atoms with Crippen molar-refractivity contribution in [2.45, 2.75) is 19.8 Å². The number of hydrogen-bond acceptors (Lipinski definition) is 5. The Bertz CT molecular complexity index is 880. The first kappa shape index (κ1) is 21.3. The predicted molar refractivity (Wildman–Crippen MR) is 108 cm³/mol. The van der Waals surface area contributed by atoms with E-state index in [0.717, 1.165) is 4.47 Å². The highest BCUT2D eigenvalue weighted by Gasteiger charge is 2.11. The van der Waals surface area contributed by atoms with Crippen LogP contribution < -0.4 is 10.6 Å². The van der Waals surface area contributed by atoms with E-state index in [2.05, 4.69) is 26.6 Å². The molecule has 0 aliphatic heterocycles. The van der Waals surface area contributed by atoms with Gasteiger partial charge in [-0.2, -0.15) is 0 Å². The molecule has 0 fully saturated rings. The number of Topliss-reactive ketones (excluding diaryl/α,β-unsaturated/α-hetero) is 1. The topological polar surface area (TPSA) is 102 Å². The van der Waals surface area contributed by atoms with Gasteiger partial charge in [0.1, 0.15) is 0 Å². The van der Waals surface area contributed by atoms with Gasteiger partial charge in [-0.15, -0.1) is 0 Å². The normalized spacial score (nSPS) is 10.1. The smallest absolute Gasteiger partial charge is 0.306 e. The molecule has 0 aliphatic carbocycles. The molecule has 0 saturated heterocycles. The summed E-state index contributed by atoms with van der Waals surface area (Å²) in [4.78, 5) is 46.7. The first-order chi connectivity index (χ1) is 13.3. The Morgan fingerprint density at radius 2 is 1.57 bits per heavy atom. The van der Waals surface area contributed by atoms with E-state index in [1.165, 1.54) is 6.92 Å². The minimum Gasteiger partial charge on any atom is -0.456 e. The summed E-state index contributed by atoms with van der Waals surface area (Å²) in [6.45, 7) is 1.00. The van der Waals surface area contributed by atoms with Crippen LogP contribution in [0.3, 0.4) is 0 Å². The summed E-state index contributed by atoms with van der Waals surface area (Å²) in [7, 11) is 0. The molecule has 0 spiro atoms. The fourth-order valence-corrected chi connectivity index (χ4v) is 2.47. The van der Waals surface area contributed by atoms with Gasteiger partial charge in [0, 0.05) is 27.8 Å². The number of halogens is 1. The number of anilines is 2. The van der Waals surface area contributed by atoms with Crippen molar-refractivity contribution in [3.63, 3.8) is 0 Å². The van der Waals surface area contributed by atoms with Crippen molar-refractivity contribution in [1.82, 2.24) is 0 Å². The minimum absolute atomic E-state index is 0.0997. The summed E-state index contributed by atoms with van der Waals surface area (Å²) >= 11 is 3.29. The molecule has 2 amide bonds. The summed E-state index contributed by atoms with van der Waals surface area (Å²) in [6.07, 6.45) is -0.263. The largest absolute Gasteiger partial charge is 0.456 e. The average molecular weight is 447 g/mol. The van der Waals surface area contributed by atoms with Gasteiger partial charge < -0.3 is 15.4 Å². The fraction of sp³-hybridized carbons (Fsp3) is 0.200. The van der Waals surface area contributed by atoms with Crippen LogP contribution >= 0.6 is 15.9 Å². The maximum Gasteiger partial charge on any atom is 0.306 e. The molecule has 0 saturated carbocycles. The molecule has 0 aliphatic rings. The van der Waals surface area contributed by atoms with Gasteiger partial charge in [0.05, 0.1) is 6.42 Å². The number of carbonyl (C=O) groups is 4. The SMILES string of the molecule is CC(=O)c1cccc(NC(=O)CCC(=O)OCC(=O)Nc2ccc(Br)cc2)c1. The first-order valence-corrected chi connectivity index (χ1v) is 9.24. The van der Waals surface area contributed by atoms with Crippen LogP contribution in [0.15, 0.2) is 53.0 Å². The highest BCUT2D eigenvalue weighted by molar-refractivity contribution is 9.10. The minimum atomic E-state index is -0.654. The van der Waals surface area contributed by atoms with E-state index in [-0.39, 0.29) is 18.6 Å². The number of ether oxygens (including phenoxy) is 1. The van der Waals surface area contributed by atoms with E-state index < -0.39 is 24.4 Å². The van der Waals surface area contributed by atoms with Gasteiger partial charge in [-0.1, -0.05) is 28.1 Å². The Morgan fingerprint density at radius 3 is 2.25 bits per heavy atom. The van der Waals surface area contributed by atoms with E-state index >= 15 is 0 Å². The standard InChI is InChI=1S/C20H19BrN2O5/c1-13(24)14-3-2-4-17(11-14)23-18(25)9-10-20(27)28-12-19(26)22-16-7-5-15(21)6-8-16/h2-8,11H,9-10,12H2,1H3,(H,22,26)(H,23,25). The molecule has 0 bridgehead atoms. The number of carbonyl (C=O) groups excluding carboxylic acids is 4. The summed E-state index contributed by atoms with van der Waals surface area (Å²) in [5.74, 6) is -1.63. The molecule has 2 aromatic rings. The molecular formula is C20H19BrN2O5. The summed E-state index contributed by atoms with van der Waals surface area (Å²) in [5.41, 5.74) is 1.53. The molecule has 0 radical (unpaired) electrons. The second-order valence-electron chi connectivity index (χ2n) is 5.90. The number of nitrogens with one attached hydrogen (secondary N) is 2. The van der Waals surface area contributed by atoms with Gasteiger partial charge in [0.2, 0.25) is 5.91 Å². The molecule has 146 valence electrons. The average Bonchev–Trinajstić information content (AvgIpc) is 2.66. The van der Waals surface area contributed by atoms with Crippen LogP contribution in [0.5, 0.6) is 0 Å². The van der Waals surface area contributed by atoms with Crippen molar-refractivity contribution in [3.05, 3.63) is 58.6 Å². The number of benzene rings is 2. The molecule has 0 aromatic heterocycles. The van der Waals surface area contributed by atoms with Crippen molar-refractivity contribution in [3.8, 4) is 0 Å². The van der Waals surface area contributed by atoms with E-state index in [1.54, 1.807) is 48.5 Å². The van der Waals surface area contributed by atoms with Gasteiger partial charge in [-0.3, -0.25) is 19.2 Å². The lowest BCUT2D eigenvalue weighted by atomic mass is 10.1. The lowest BCUT2D eigenvalue weighted by molar-refractivity contribution is -0.147. The van der Waals surface area contributed by atoms with Crippen LogP contribution in [-0.2, 0) is 19.1 Å². The van der Waals surface area contributed by atoms with Crippen LogP contribution in [0, 0.1) is 0 Å². The lowest BCUT2D eigenvalue weighted by Crippen LogP contribution is -2.21. The first-order valence-electron chi connectivity index (χ1n) is 8.45. The molecule has 2 N–H and O–H groups in total. The number of esters is 1. The molecule has 7 nitrogen and oxygen atoms in total. The highest BCUT2D eigenvalue weighted by atomic mass is 79.9.